The number of rotatable bonds is 3. The SMILES string of the molecule is FS(F)(F)SNc1ccccc1. The van der Waals surface area contributed by atoms with Crippen LogP contribution in [0.5, 0.6) is 0 Å². The summed E-state index contributed by atoms with van der Waals surface area (Å²) in [7, 11) is -5.20. The van der Waals surface area contributed by atoms with Gasteiger partial charge in [0, 0.05) is 5.69 Å². The Bertz CT molecular complexity index is 236. The molecule has 0 heterocycles. The van der Waals surface area contributed by atoms with Crippen LogP contribution in [-0.4, -0.2) is 0 Å². The number of nitrogens with one attached hydrogen (secondary N) is 1. The molecule has 1 rings (SSSR count). The van der Waals surface area contributed by atoms with E-state index in [1.165, 1.54) is 0 Å². The molecule has 68 valence electrons. The smallest absolute Gasteiger partial charge is 0.281 e. The van der Waals surface area contributed by atoms with Crippen molar-refractivity contribution in [2.75, 3.05) is 4.72 Å². The van der Waals surface area contributed by atoms with E-state index in [-0.39, 0.29) is 11.0 Å². The summed E-state index contributed by atoms with van der Waals surface area (Å²) in [5.41, 5.74) is 0.465. The van der Waals surface area contributed by atoms with E-state index in [4.69, 9.17) is 0 Å². The number of halogens is 3. The van der Waals surface area contributed by atoms with Crippen molar-refractivity contribution in [3.05, 3.63) is 30.3 Å². The standard InChI is InChI=1S/C6H6F3NS2/c7-12(8,9)11-10-6-4-2-1-3-5-6/h1-5,10H. The average Bonchev–Trinajstić information content (AvgIpc) is 2.02. The van der Waals surface area contributed by atoms with E-state index in [0.29, 0.717) is 5.69 Å². The zero-order valence-electron chi connectivity index (χ0n) is 5.84. The van der Waals surface area contributed by atoms with Gasteiger partial charge in [0.1, 0.15) is 0 Å². The minimum Gasteiger partial charge on any atom is -0.316 e. The molecular weight excluding hydrogens is 207 g/mol. The van der Waals surface area contributed by atoms with Gasteiger partial charge in [-0.3, -0.25) is 0 Å². The molecule has 0 saturated carbocycles. The first-order valence-electron chi connectivity index (χ1n) is 2.99. The van der Waals surface area contributed by atoms with Gasteiger partial charge in [-0.25, -0.2) is 0 Å². The third-order valence-electron chi connectivity index (χ3n) is 1.03. The first-order valence-corrected chi connectivity index (χ1v) is 5.66. The number of benzene rings is 1. The van der Waals surface area contributed by atoms with Crippen LogP contribution in [0.4, 0.5) is 17.3 Å². The second-order valence-electron chi connectivity index (χ2n) is 1.92. The zero-order valence-corrected chi connectivity index (χ0v) is 7.47. The van der Waals surface area contributed by atoms with Crippen LogP contribution >= 0.6 is 21.2 Å². The van der Waals surface area contributed by atoms with Crippen molar-refractivity contribution < 1.29 is 11.7 Å². The van der Waals surface area contributed by atoms with Crippen LogP contribution in [0.25, 0.3) is 0 Å². The van der Waals surface area contributed by atoms with Gasteiger partial charge >= 0.3 is 0 Å². The fourth-order valence-electron chi connectivity index (χ4n) is 0.602. The predicted molar refractivity (Wildman–Crippen MR) is 48.6 cm³/mol. The van der Waals surface area contributed by atoms with Crippen molar-refractivity contribution in [1.29, 1.82) is 0 Å². The second kappa shape index (κ2) is 3.95. The third kappa shape index (κ3) is 3.77. The van der Waals surface area contributed by atoms with Gasteiger partial charge in [-0.05, 0) is 12.1 Å². The Morgan fingerprint density at radius 1 is 1.08 bits per heavy atom. The number of hydrogen-bond acceptors (Lipinski definition) is 2. The van der Waals surface area contributed by atoms with Gasteiger partial charge in [0.05, 0.1) is 11.0 Å². The minimum absolute atomic E-state index is 0.180. The van der Waals surface area contributed by atoms with Crippen LogP contribution in [0.2, 0.25) is 0 Å². The summed E-state index contributed by atoms with van der Waals surface area (Å²) in [6.07, 6.45) is 0. The Kier molecular flexibility index (Phi) is 3.16. The Balaban J connectivity index is 2.44. The lowest BCUT2D eigenvalue weighted by molar-refractivity contribution is 0.667. The molecule has 6 heteroatoms. The molecule has 0 aliphatic carbocycles. The van der Waals surface area contributed by atoms with E-state index >= 15 is 0 Å². The van der Waals surface area contributed by atoms with Crippen LogP contribution < -0.4 is 4.72 Å². The molecule has 1 aromatic carbocycles. The molecule has 0 aromatic heterocycles. The molecule has 0 aliphatic rings. The lowest BCUT2D eigenvalue weighted by Gasteiger charge is -2.09. The third-order valence-corrected chi connectivity index (χ3v) is 2.35. The first-order chi connectivity index (χ1) is 5.58. The van der Waals surface area contributed by atoms with Crippen LogP contribution in [0.3, 0.4) is 0 Å². The van der Waals surface area contributed by atoms with Gasteiger partial charge in [-0.2, -0.15) is 0 Å². The molecule has 0 fully saturated rings. The van der Waals surface area contributed by atoms with E-state index in [1.54, 1.807) is 30.3 Å². The van der Waals surface area contributed by atoms with Gasteiger partial charge in [-0.15, -0.1) is 11.7 Å². The molecule has 0 atom stereocenters. The molecule has 0 saturated heterocycles. The van der Waals surface area contributed by atoms with Crippen molar-refractivity contribution in [2.45, 2.75) is 0 Å². The Morgan fingerprint density at radius 2 is 1.67 bits per heavy atom. The van der Waals surface area contributed by atoms with Gasteiger partial charge in [0.25, 0.3) is 10.2 Å². The summed E-state index contributed by atoms with van der Waals surface area (Å²) in [5.74, 6) is 0. The minimum atomic E-state index is -5.02. The average molecular weight is 213 g/mol. The summed E-state index contributed by atoms with van der Waals surface area (Å²) in [4.78, 5) is 0. The molecule has 1 aromatic rings. The molecule has 0 bridgehead atoms. The van der Waals surface area contributed by atoms with E-state index in [2.05, 4.69) is 4.72 Å². The fourth-order valence-corrected chi connectivity index (χ4v) is 1.50. The van der Waals surface area contributed by atoms with Crippen molar-refractivity contribution in [1.82, 2.24) is 0 Å². The summed E-state index contributed by atoms with van der Waals surface area (Å²) in [6.45, 7) is 0. The Hall–Kier alpha value is -0.490. The summed E-state index contributed by atoms with van der Waals surface area (Å²) in [6, 6.07) is 8.26. The molecule has 1 nitrogen and oxygen atoms in total. The van der Waals surface area contributed by atoms with E-state index in [1.807, 2.05) is 0 Å². The van der Waals surface area contributed by atoms with E-state index in [0.717, 1.165) is 0 Å². The second-order valence-corrected chi connectivity index (χ2v) is 4.65. The van der Waals surface area contributed by atoms with Crippen molar-refractivity contribution in [3.63, 3.8) is 0 Å². The maximum Gasteiger partial charge on any atom is 0.281 e. The van der Waals surface area contributed by atoms with Crippen LogP contribution in [-0.2, 0) is 0 Å². The van der Waals surface area contributed by atoms with Crippen molar-refractivity contribution in [2.24, 2.45) is 0 Å². The van der Waals surface area contributed by atoms with Crippen LogP contribution in [0.1, 0.15) is 0 Å². The zero-order chi connectivity index (χ0) is 9.03. The molecule has 1 N–H and O–H groups in total. The molecule has 0 radical (unpaired) electrons. The highest BCUT2D eigenvalue weighted by atomic mass is 33.2. The van der Waals surface area contributed by atoms with Gasteiger partial charge in [0.2, 0.25) is 0 Å². The van der Waals surface area contributed by atoms with Crippen LogP contribution in [0.15, 0.2) is 30.3 Å². The van der Waals surface area contributed by atoms with Gasteiger partial charge in [-0.1, -0.05) is 18.2 Å². The predicted octanol–water partition coefficient (Wildman–Crippen LogP) is 4.12. The van der Waals surface area contributed by atoms with Crippen LogP contribution in [0, 0.1) is 0 Å². The van der Waals surface area contributed by atoms with Crippen molar-refractivity contribution >= 4 is 26.9 Å². The summed E-state index contributed by atoms with van der Waals surface area (Å²) >= 11 is 0. The van der Waals surface area contributed by atoms with Gasteiger partial charge in [0.15, 0.2) is 0 Å². The largest absolute Gasteiger partial charge is 0.316 e. The van der Waals surface area contributed by atoms with Gasteiger partial charge < -0.3 is 4.72 Å². The maximum atomic E-state index is 11.7. The lowest BCUT2D eigenvalue weighted by atomic mass is 10.3. The molecule has 0 spiro atoms. The summed E-state index contributed by atoms with van der Waals surface area (Å²) in [5, 5.41) is 0. The quantitative estimate of drug-likeness (QED) is 0.598. The molecule has 0 unspecified atom stereocenters. The highest BCUT2D eigenvalue weighted by Crippen LogP contribution is 2.64. The normalized spacial score (nSPS) is 12.6. The highest BCUT2D eigenvalue weighted by Gasteiger charge is 2.21. The molecular formula is C6H6F3NS2. The summed E-state index contributed by atoms with van der Waals surface area (Å²) < 4.78 is 37.4. The molecule has 0 amide bonds. The number of anilines is 1. The molecule has 0 aliphatic heterocycles. The fraction of sp³-hybridized carbons (Fsp3) is 0. The topological polar surface area (TPSA) is 12.0 Å². The Morgan fingerprint density at radius 3 is 2.17 bits per heavy atom. The monoisotopic (exact) mass is 213 g/mol. The van der Waals surface area contributed by atoms with E-state index in [9.17, 15) is 11.7 Å². The molecule has 12 heavy (non-hydrogen) atoms. The van der Waals surface area contributed by atoms with Crippen molar-refractivity contribution in [3.8, 4) is 0 Å². The van der Waals surface area contributed by atoms with E-state index < -0.39 is 10.2 Å². The number of para-hydroxylation sites is 1. The lowest BCUT2D eigenvalue weighted by Crippen LogP contribution is -1.84. The Labute approximate surface area is 74.1 Å². The highest BCUT2D eigenvalue weighted by molar-refractivity contribution is 8.88. The first kappa shape index (κ1) is 9.60. The number of hydrogen-bond donors (Lipinski definition) is 1. The maximum absolute atomic E-state index is 11.7.